The highest BCUT2D eigenvalue weighted by Gasteiger charge is 2.09. The van der Waals surface area contributed by atoms with Crippen molar-refractivity contribution in [1.29, 1.82) is 0 Å². The van der Waals surface area contributed by atoms with Crippen molar-refractivity contribution in [2.75, 3.05) is 18.6 Å². The molecule has 0 spiro atoms. The van der Waals surface area contributed by atoms with Gasteiger partial charge in [-0.15, -0.1) is 11.3 Å². The third-order valence-electron chi connectivity index (χ3n) is 2.07. The standard InChI is InChI=1S/C10H18N2S2/c1-3-9(10-12-6-8-14-10)11-5-4-7-13-2/h6,8-9,11H,3-5,7H2,1-2H3. The van der Waals surface area contributed by atoms with Gasteiger partial charge in [-0.05, 0) is 31.4 Å². The molecule has 2 nitrogen and oxygen atoms in total. The number of thiazole rings is 1. The van der Waals surface area contributed by atoms with Crippen molar-refractivity contribution in [3.05, 3.63) is 16.6 Å². The van der Waals surface area contributed by atoms with Crippen LogP contribution in [0.3, 0.4) is 0 Å². The summed E-state index contributed by atoms with van der Waals surface area (Å²) in [6.07, 6.45) is 6.39. The van der Waals surface area contributed by atoms with Crippen molar-refractivity contribution in [2.45, 2.75) is 25.8 Å². The number of rotatable bonds is 7. The fraction of sp³-hybridized carbons (Fsp3) is 0.700. The third kappa shape index (κ3) is 3.98. The lowest BCUT2D eigenvalue weighted by molar-refractivity contribution is 0.517. The summed E-state index contributed by atoms with van der Waals surface area (Å²) < 4.78 is 0. The summed E-state index contributed by atoms with van der Waals surface area (Å²) in [6.45, 7) is 3.30. The molecule has 1 aromatic rings. The van der Waals surface area contributed by atoms with Crippen molar-refractivity contribution >= 4 is 23.1 Å². The second-order valence-corrected chi connectivity index (χ2v) is 5.04. The summed E-state index contributed by atoms with van der Waals surface area (Å²) >= 11 is 3.65. The Balaban J connectivity index is 2.26. The zero-order valence-electron chi connectivity index (χ0n) is 8.82. The number of thioether (sulfide) groups is 1. The molecule has 1 heterocycles. The van der Waals surface area contributed by atoms with Crippen LogP contribution in [-0.2, 0) is 0 Å². The number of nitrogens with one attached hydrogen (secondary N) is 1. The second kappa shape index (κ2) is 7.26. The van der Waals surface area contributed by atoms with E-state index in [0.717, 1.165) is 13.0 Å². The van der Waals surface area contributed by atoms with E-state index in [-0.39, 0.29) is 0 Å². The molecular formula is C10H18N2S2. The van der Waals surface area contributed by atoms with Crippen LogP contribution in [0.5, 0.6) is 0 Å². The molecule has 80 valence electrons. The highest BCUT2D eigenvalue weighted by molar-refractivity contribution is 7.98. The molecule has 1 aromatic heterocycles. The zero-order valence-corrected chi connectivity index (χ0v) is 10.5. The molecule has 1 rings (SSSR count). The zero-order chi connectivity index (χ0) is 10.2. The van der Waals surface area contributed by atoms with Crippen LogP contribution < -0.4 is 5.32 Å². The molecule has 0 amide bonds. The maximum atomic E-state index is 4.34. The first-order valence-corrected chi connectivity index (χ1v) is 7.27. The Hall–Kier alpha value is -0.0600. The van der Waals surface area contributed by atoms with Gasteiger partial charge in [0.1, 0.15) is 5.01 Å². The summed E-state index contributed by atoms with van der Waals surface area (Å²) in [7, 11) is 0. The van der Waals surface area contributed by atoms with Gasteiger partial charge in [0.2, 0.25) is 0 Å². The van der Waals surface area contributed by atoms with Crippen molar-refractivity contribution in [2.24, 2.45) is 0 Å². The van der Waals surface area contributed by atoms with E-state index in [1.807, 2.05) is 23.3 Å². The Morgan fingerprint density at radius 2 is 2.50 bits per heavy atom. The van der Waals surface area contributed by atoms with Gasteiger partial charge in [-0.25, -0.2) is 4.98 Å². The van der Waals surface area contributed by atoms with Gasteiger partial charge in [0.05, 0.1) is 6.04 Å². The molecule has 1 atom stereocenters. The molecule has 0 radical (unpaired) electrons. The van der Waals surface area contributed by atoms with Crippen molar-refractivity contribution in [3.63, 3.8) is 0 Å². The molecule has 0 aliphatic heterocycles. The van der Waals surface area contributed by atoms with E-state index in [0.29, 0.717) is 6.04 Å². The lowest BCUT2D eigenvalue weighted by Gasteiger charge is -2.13. The number of hydrogen-bond acceptors (Lipinski definition) is 4. The highest BCUT2D eigenvalue weighted by Crippen LogP contribution is 2.18. The van der Waals surface area contributed by atoms with Crippen LogP contribution >= 0.6 is 23.1 Å². The maximum Gasteiger partial charge on any atom is 0.109 e. The largest absolute Gasteiger partial charge is 0.308 e. The average Bonchev–Trinajstić information content (AvgIpc) is 2.71. The number of hydrogen-bond donors (Lipinski definition) is 1. The van der Waals surface area contributed by atoms with E-state index in [1.165, 1.54) is 17.2 Å². The summed E-state index contributed by atoms with van der Waals surface area (Å²) in [5.74, 6) is 1.24. The quantitative estimate of drug-likeness (QED) is 0.729. The van der Waals surface area contributed by atoms with Gasteiger partial charge >= 0.3 is 0 Å². The molecule has 0 saturated heterocycles. The van der Waals surface area contributed by atoms with Crippen LogP contribution in [0, 0.1) is 0 Å². The van der Waals surface area contributed by atoms with Crippen LogP contribution in [0.2, 0.25) is 0 Å². The minimum absolute atomic E-state index is 0.455. The summed E-state index contributed by atoms with van der Waals surface area (Å²) in [6, 6.07) is 0.455. The third-order valence-corrected chi connectivity index (χ3v) is 3.66. The minimum atomic E-state index is 0.455. The fourth-order valence-electron chi connectivity index (χ4n) is 1.31. The molecule has 1 unspecified atom stereocenters. The lowest BCUT2D eigenvalue weighted by Crippen LogP contribution is -2.22. The molecule has 0 aliphatic rings. The van der Waals surface area contributed by atoms with Gasteiger partial charge in [0, 0.05) is 11.6 Å². The number of nitrogens with zero attached hydrogens (tertiary/aromatic N) is 1. The first kappa shape index (κ1) is 12.0. The van der Waals surface area contributed by atoms with Gasteiger partial charge in [0.15, 0.2) is 0 Å². The SMILES string of the molecule is CCC(NCCCSC)c1nccs1. The van der Waals surface area contributed by atoms with Crippen LogP contribution in [0.25, 0.3) is 0 Å². The van der Waals surface area contributed by atoms with Crippen molar-refractivity contribution < 1.29 is 0 Å². The van der Waals surface area contributed by atoms with Crippen molar-refractivity contribution in [1.82, 2.24) is 10.3 Å². The Morgan fingerprint density at radius 3 is 3.07 bits per heavy atom. The predicted octanol–water partition coefficient (Wildman–Crippen LogP) is 2.94. The number of aromatic nitrogens is 1. The molecule has 1 N–H and O–H groups in total. The van der Waals surface area contributed by atoms with Crippen molar-refractivity contribution in [3.8, 4) is 0 Å². The van der Waals surface area contributed by atoms with Gasteiger partial charge in [-0.1, -0.05) is 6.92 Å². The lowest BCUT2D eigenvalue weighted by atomic mass is 10.2. The second-order valence-electron chi connectivity index (χ2n) is 3.13. The smallest absolute Gasteiger partial charge is 0.109 e. The molecular weight excluding hydrogens is 212 g/mol. The fourth-order valence-corrected chi connectivity index (χ4v) is 2.54. The first-order valence-electron chi connectivity index (χ1n) is 5.00. The van der Waals surface area contributed by atoms with Gasteiger partial charge in [-0.2, -0.15) is 11.8 Å². The Kier molecular flexibility index (Phi) is 6.23. The normalized spacial score (nSPS) is 13.0. The van der Waals surface area contributed by atoms with Crippen LogP contribution in [0.15, 0.2) is 11.6 Å². The average molecular weight is 230 g/mol. The molecule has 0 aromatic carbocycles. The maximum absolute atomic E-state index is 4.34. The first-order chi connectivity index (χ1) is 6.88. The summed E-state index contributed by atoms with van der Waals surface area (Å²) in [5.41, 5.74) is 0. The Bertz CT molecular complexity index is 224. The summed E-state index contributed by atoms with van der Waals surface area (Å²) in [5, 5.41) is 6.80. The monoisotopic (exact) mass is 230 g/mol. The Labute approximate surface area is 94.5 Å². The van der Waals surface area contributed by atoms with Crippen LogP contribution in [0.1, 0.15) is 30.8 Å². The van der Waals surface area contributed by atoms with Gasteiger partial charge < -0.3 is 5.32 Å². The highest BCUT2D eigenvalue weighted by atomic mass is 32.2. The van der Waals surface area contributed by atoms with Crippen LogP contribution in [0.4, 0.5) is 0 Å². The Morgan fingerprint density at radius 1 is 1.64 bits per heavy atom. The van der Waals surface area contributed by atoms with Crippen LogP contribution in [-0.4, -0.2) is 23.5 Å². The molecule has 4 heteroatoms. The minimum Gasteiger partial charge on any atom is -0.308 e. The van der Waals surface area contributed by atoms with E-state index in [2.05, 4.69) is 23.5 Å². The van der Waals surface area contributed by atoms with Gasteiger partial charge in [-0.3, -0.25) is 0 Å². The molecule has 0 saturated carbocycles. The molecule has 14 heavy (non-hydrogen) atoms. The predicted molar refractivity (Wildman–Crippen MR) is 66.1 cm³/mol. The summed E-state index contributed by atoms with van der Waals surface area (Å²) in [4.78, 5) is 4.34. The molecule has 0 bridgehead atoms. The van der Waals surface area contributed by atoms with E-state index >= 15 is 0 Å². The van der Waals surface area contributed by atoms with E-state index in [4.69, 9.17) is 0 Å². The molecule has 0 aliphatic carbocycles. The molecule has 0 fully saturated rings. The van der Waals surface area contributed by atoms with E-state index < -0.39 is 0 Å². The topological polar surface area (TPSA) is 24.9 Å². The van der Waals surface area contributed by atoms with Gasteiger partial charge in [0.25, 0.3) is 0 Å². The van der Waals surface area contributed by atoms with E-state index in [9.17, 15) is 0 Å². The van der Waals surface area contributed by atoms with E-state index in [1.54, 1.807) is 11.3 Å².